The van der Waals surface area contributed by atoms with Crippen LogP contribution in [0.25, 0.3) is 0 Å². The summed E-state index contributed by atoms with van der Waals surface area (Å²) in [7, 11) is 0. The zero-order chi connectivity index (χ0) is 15.3. The molecule has 22 heavy (non-hydrogen) atoms. The largest absolute Gasteiger partial charge is 0.292 e. The van der Waals surface area contributed by atoms with Crippen molar-refractivity contribution in [2.45, 2.75) is 64.2 Å². The SMILES string of the molecule is Cc1nc(C)c(CN2C3CCC2CC(n2cc(Cl)cn2)C3)s1. The Labute approximate surface area is 140 Å². The molecule has 0 saturated carbocycles. The molecule has 6 heteroatoms. The summed E-state index contributed by atoms with van der Waals surface area (Å²) in [5.74, 6) is 0. The van der Waals surface area contributed by atoms with E-state index in [2.05, 4.69) is 33.5 Å². The van der Waals surface area contributed by atoms with Crippen LogP contribution >= 0.6 is 22.9 Å². The summed E-state index contributed by atoms with van der Waals surface area (Å²) in [6, 6.07) is 1.85. The molecule has 0 amide bonds. The van der Waals surface area contributed by atoms with E-state index < -0.39 is 0 Å². The minimum Gasteiger partial charge on any atom is -0.292 e. The highest BCUT2D eigenvalue weighted by atomic mass is 35.5. The first kappa shape index (κ1) is 14.7. The second-order valence-corrected chi connectivity index (χ2v) is 8.29. The van der Waals surface area contributed by atoms with Gasteiger partial charge >= 0.3 is 0 Å². The van der Waals surface area contributed by atoms with Gasteiger partial charge in [-0.25, -0.2) is 4.98 Å². The summed E-state index contributed by atoms with van der Waals surface area (Å²) in [6.07, 6.45) is 8.72. The van der Waals surface area contributed by atoms with Gasteiger partial charge < -0.3 is 0 Å². The molecule has 2 unspecified atom stereocenters. The normalized spacial score (nSPS) is 28.4. The van der Waals surface area contributed by atoms with Gasteiger partial charge in [0.25, 0.3) is 0 Å². The van der Waals surface area contributed by atoms with Crippen molar-refractivity contribution >= 4 is 22.9 Å². The Morgan fingerprint density at radius 1 is 1.23 bits per heavy atom. The molecule has 2 aromatic heterocycles. The number of hydrogen-bond acceptors (Lipinski definition) is 4. The third-order valence-corrected chi connectivity index (χ3v) is 6.38. The molecule has 2 atom stereocenters. The van der Waals surface area contributed by atoms with Crippen molar-refractivity contribution in [1.29, 1.82) is 0 Å². The number of rotatable bonds is 3. The maximum Gasteiger partial charge on any atom is 0.0900 e. The van der Waals surface area contributed by atoms with Crippen LogP contribution in [0, 0.1) is 13.8 Å². The highest BCUT2D eigenvalue weighted by molar-refractivity contribution is 7.11. The van der Waals surface area contributed by atoms with Gasteiger partial charge in [0, 0.05) is 29.7 Å². The fourth-order valence-corrected chi connectivity index (χ4v) is 5.21. The molecule has 2 aliphatic rings. The van der Waals surface area contributed by atoms with Crippen LogP contribution in [0.3, 0.4) is 0 Å². The van der Waals surface area contributed by atoms with Gasteiger partial charge in [-0.2, -0.15) is 5.10 Å². The van der Waals surface area contributed by atoms with Crippen molar-refractivity contribution in [3.05, 3.63) is 33.0 Å². The van der Waals surface area contributed by atoms with E-state index in [1.165, 1.54) is 41.3 Å². The van der Waals surface area contributed by atoms with E-state index in [4.69, 9.17) is 11.6 Å². The lowest BCUT2D eigenvalue weighted by atomic mass is 9.97. The smallest absolute Gasteiger partial charge is 0.0900 e. The van der Waals surface area contributed by atoms with Gasteiger partial charge in [-0.05, 0) is 39.5 Å². The van der Waals surface area contributed by atoms with Crippen LogP contribution in [-0.4, -0.2) is 31.7 Å². The number of nitrogens with zero attached hydrogens (tertiary/aromatic N) is 4. The molecule has 2 saturated heterocycles. The van der Waals surface area contributed by atoms with Crippen LogP contribution in [-0.2, 0) is 6.54 Å². The molecule has 2 aliphatic heterocycles. The number of piperidine rings is 1. The highest BCUT2D eigenvalue weighted by Crippen LogP contribution is 2.42. The number of aromatic nitrogens is 3. The molecule has 2 aromatic rings. The summed E-state index contributed by atoms with van der Waals surface area (Å²) in [4.78, 5) is 8.73. The Kier molecular flexibility index (Phi) is 3.75. The number of thiazole rings is 1. The van der Waals surface area contributed by atoms with Gasteiger partial charge in [-0.1, -0.05) is 11.6 Å². The summed E-state index contributed by atoms with van der Waals surface area (Å²) in [5.41, 5.74) is 1.21. The summed E-state index contributed by atoms with van der Waals surface area (Å²) < 4.78 is 2.08. The van der Waals surface area contributed by atoms with E-state index in [-0.39, 0.29) is 0 Å². The van der Waals surface area contributed by atoms with E-state index in [9.17, 15) is 0 Å². The fourth-order valence-electron chi connectivity index (χ4n) is 4.12. The molecule has 2 fully saturated rings. The van der Waals surface area contributed by atoms with Crippen molar-refractivity contribution in [3.8, 4) is 0 Å². The fraction of sp³-hybridized carbons (Fsp3) is 0.625. The third-order valence-electron chi connectivity index (χ3n) is 5.13. The standard InChI is InChI=1S/C16H21ClN4S/c1-10-16(22-11(2)19-10)9-20-13-3-4-14(20)6-15(5-13)21-8-12(17)7-18-21/h7-8,13-15H,3-6,9H2,1-2H3. The molecule has 118 valence electrons. The minimum atomic E-state index is 0.505. The summed E-state index contributed by atoms with van der Waals surface area (Å²) >= 11 is 7.88. The van der Waals surface area contributed by atoms with Crippen molar-refractivity contribution < 1.29 is 0 Å². The molecule has 4 rings (SSSR count). The minimum absolute atomic E-state index is 0.505. The Balaban J connectivity index is 1.50. The highest BCUT2D eigenvalue weighted by Gasteiger charge is 2.41. The van der Waals surface area contributed by atoms with Gasteiger partial charge in [0.2, 0.25) is 0 Å². The molecule has 0 aliphatic carbocycles. The van der Waals surface area contributed by atoms with E-state index >= 15 is 0 Å². The Morgan fingerprint density at radius 3 is 2.50 bits per heavy atom. The van der Waals surface area contributed by atoms with Gasteiger partial charge in [-0.15, -0.1) is 11.3 Å². The lowest BCUT2D eigenvalue weighted by Gasteiger charge is -2.38. The summed E-state index contributed by atoms with van der Waals surface area (Å²) in [6.45, 7) is 5.31. The molecular formula is C16H21ClN4S. The predicted molar refractivity (Wildman–Crippen MR) is 89.4 cm³/mol. The van der Waals surface area contributed by atoms with Crippen LogP contribution in [0.4, 0.5) is 0 Å². The topological polar surface area (TPSA) is 34.0 Å². The zero-order valence-corrected chi connectivity index (χ0v) is 14.6. The number of aryl methyl sites for hydroxylation is 2. The maximum absolute atomic E-state index is 6.02. The van der Waals surface area contributed by atoms with Gasteiger partial charge in [0.15, 0.2) is 0 Å². The van der Waals surface area contributed by atoms with E-state index in [1.54, 1.807) is 6.20 Å². The van der Waals surface area contributed by atoms with Crippen molar-refractivity contribution in [2.75, 3.05) is 0 Å². The van der Waals surface area contributed by atoms with Crippen LogP contribution < -0.4 is 0 Å². The Morgan fingerprint density at radius 2 is 1.95 bits per heavy atom. The first-order valence-electron chi connectivity index (χ1n) is 7.98. The monoisotopic (exact) mass is 336 g/mol. The third kappa shape index (κ3) is 2.59. The first-order chi connectivity index (χ1) is 10.6. The van der Waals surface area contributed by atoms with Crippen molar-refractivity contribution in [3.63, 3.8) is 0 Å². The zero-order valence-electron chi connectivity index (χ0n) is 13.0. The second-order valence-electron chi connectivity index (χ2n) is 6.56. The molecule has 0 aromatic carbocycles. The number of halogens is 1. The molecule has 4 heterocycles. The molecule has 0 spiro atoms. The van der Waals surface area contributed by atoms with E-state index in [1.807, 2.05) is 17.5 Å². The number of hydrogen-bond donors (Lipinski definition) is 0. The lowest BCUT2D eigenvalue weighted by molar-refractivity contribution is 0.0959. The maximum atomic E-state index is 6.02. The van der Waals surface area contributed by atoms with Crippen molar-refractivity contribution in [2.24, 2.45) is 0 Å². The van der Waals surface area contributed by atoms with Crippen molar-refractivity contribution in [1.82, 2.24) is 19.7 Å². The average Bonchev–Trinajstić information content (AvgIpc) is 3.09. The molecule has 0 N–H and O–H groups in total. The first-order valence-corrected chi connectivity index (χ1v) is 9.18. The van der Waals surface area contributed by atoms with E-state index in [0.717, 1.165) is 11.6 Å². The van der Waals surface area contributed by atoms with E-state index in [0.29, 0.717) is 18.1 Å². The number of fused-ring (bicyclic) bond motifs is 2. The Hall–Kier alpha value is -0.910. The van der Waals surface area contributed by atoms with Crippen LogP contribution in [0.1, 0.15) is 47.3 Å². The van der Waals surface area contributed by atoms with Gasteiger partial charge in [0.05, 0.1) is 28.0 Å². The van der Waals surface area contributed by atoms with Gasteiger partial charge in [-0.3, -0.25) is 9.58 Å². The second kappa shape index (κ2) is 5.62. The lowest BCUT2D eigenvalue weighted by Crippen LogP contribution is -2.42. The molecule has 4 nitrogen and oxygen atoms in total. The Bertz CT molecular complexity index is 665. The quantitative estimate of drug-likeness (QED) is 0.850. The van der Waals surface area contributed by atoms with Crippen LogP contribution in [0.2, 0.25) is 5.02 Å². The average molecular weight is 337 g/mol. The van der Waals surface area contributed by atoms with Crippen LogP contribution in [0.15, 0.2) is 12.4 Å². The molecular weight excluding hydrogens is 316 g/mol. The summed E-state index contributed by atoms with van der Waals surface area (Å²) in [5, 5.41) is 6.34. The predicted octanol–water partition coefficient (Wildman–Crippen LogP) is 3.98. The van der Waals surface area contributed by atoms with Gasteiger partial charge in [0.1, 0.15) is 0 Å². The van der Waals surface area contributed by atoms with Crippen LogP contribution in [0.5, 0.6) is 0 Å². The molecule has 2 bridgehead atoms. The molecule has 0 radical (unpaired) electrons.